The SMILES string of the molecule is COc1cccc([C@@H]2C[C@H](O)CN2C(=O)c2c[nH]c(C#N)c2)c1. The van der Waals surface area contributed by atoms with Gasteiger partial charge in [0.1, 0.15) is 17.5 Å². The van der Waals surface area contributed by atoms with Gasteiger partial charge in [0.05, 0.1) is 24.8 Å². The van der Waals surface area contributed by atoms with Gasteiger partial charge in [-0.1, -0.05) is 12.1 Å². The number of benzene rings is 1. The molecule has 0 spiro atoms. The van der Waals surface area contributed by atoms with Crippen molar-refractivity contribution >= 4 is 5.91 Å². The van der Waals surface area contributed by atoms with Crippen molar-refractivity contribution < 1.29 is 14.6 Å². The van der Waals surface area contributed by atoms with E-state index in [1.54, 1.807) is 12.0 Å². The van der Waals surface area contributed by atoms with Crippen molar-refractivity contribution in [1.82, 2.24) is 9.88 Å². The van der Waals surface area contributed by atoms with Crippen LogP contribution < -0.4 is 4.74 Å². The molecule has 0 unspecified atom stereocenters. The van der Waals surface area contributed by atoms with Crippen LogP contribution >= 0.6 is 0 Å². The molecule has 3 rings (SSSR count). The number of nitrogens with zero attached hydrogens (tertiary/aromatic N) is 2. The number of aromatic nitrogens is 1. The highest BCUT2D eigenvalue weighted by Crippen LogP contribution is 2.34. The summed E-state index contributed by atoms with van der Waals surface area (Å²) < 4.78 is 5.23. The standard InChI is InChI=1S/C17H17N3O3/c1-23-15-4-2-3-11(6-15)16-7-14(21)10-20(16)17(22)12-5-13(8-18)19-9-12/h2-6,9,14,16,19,21H,7,10H2,1H3/t14-,16-/m0/s1. The molecule has 0 bridgehead atoms. The maximum Gasteiger partial charge on any atom is 0.256 e. The normalized spacial score (nSPS) is 20.3. The lowest BCUT2D eigenvalue weighted by atomic mass is 10.0. The van der Waals surface area contributed by atoms with E-state index in [1.807, 2.05) is 30.3 Å². The number of H-pyrrole nitrogens is 1. The largest absolute Gasteiger partial charge is 0.497 e. The third-order valence-corrected chi connectivity index (χ3v) is 4.07. The summed E-state index contributed by atoms with van der Waals surface area (Å²) in [5, 5.41) is 18.9. The lowest BCUT2D eigenvalue weighted by Gasteiger charge is -2.24. The van der Waals surface area contributed by atoms with Crippen LogP contribution in [0.2, 0.25) is 0 Å². The van der Waals surface area contributed by atoms with Gasteiger partial charge >= 0.3 is 0 Å². The molecule has 1 amide bonds. The molecule has 6 heteroatoms. The molecule has 1 aromatic carbocycles. The van der Waals surface area contributed by atoms with Crippen LogP contribution in [0.1, 0.15) is 34.1 Å². The van der Waals surface area contributed by atoms with Gasteiger partial charge in [0.15, 0.2) is 0 Å². The van der Waals surface area contributed by atoms with Gasteiger partial charge in [-0.2, -0.15) is 5.26 Å². The van der Waals surface area contributed by atoms with Crippen molar-refractivity contribution in [3.05, 3.63) is 53.3 Å². The Kier molecular flexibility index (Phi) is 4.04. The summed E-state index contributed by atoms with van der Waals surface area (Å²) in [5.41, 5.74) is 1.68. The lowest BCUT2D eigenvalue weighted by molar-refractivity contribution is 0.0716. The number of rotatable bonds is 3. The molecular weight excluding hydrogens is 294 g/mol. The van der Waals surface area contributed by atoms with Crippen LogP contribution in [0.3, 0.4) is 0 Å². The highest BCUT2D eigenvalue weighted by molar-refractivity contribution is 5.95. The van der Waals surface area contributed by atoms with Gasteiger partial charge < -0.3 is 19.7 Å². The molecular formula is C17H17N3O3. The van der Waals surface area contributed by atoms with Gasteiger partial charge in [0.25, 0.3) is 5.91 Å². The minimum absolute atomic E-state index is 0.202. The van der Waals surface area contributed by atoms with E-state index in [9.17, 15) is 9.90 Å². The van der Waals surface area contributed by atoms with E-state index in [1.165, 1.54) is 12.3 Å². The fourth-order valence-electron chi connectivity index (χ4n) is 2.95. The number of amides is 1. The number of methoxy groups -OCH3 is 1. The summed E-state index contributed by atoms with van der Waals surface area (Å²) in [5.74, 6) is 0.511. The average molecular weight is 311 g/mol. The van der Waals surface area contributed by atoms with E-state index < -0.39 is 6.10 Å². The van der Waals surface area contributed by atoms with Crippen molar-refractivity contribution in [3.63, 3.8) is 0 Å². The number of aliphatic hydroxyl groups excluding tert-OH is 1. The number of hydrogen-bond acceptors (Lipinski definition) is 4. The molecule has 1 aliphatic rings. The summed E-state index contributed by atoms with van der Waals surface area (Å²) in [6.45, 7) is 0.272. The number of aromatic amines is 1. The van der Waals surface area contributed by atoms with E-state index in [0.717, 1.165) is 5.56 Å². The Morgan fingerprint density at radius 1 is 1.48 bits per heavy atom. The third-order valence-electron chi connectivity index (χ3n) is 4.07. The number of likely N-dealkylation sites (tertiary alicyclic amines) is 1. The predicted octanol–water partition coefficient (Wildman–Crippen LogP) is 1.84. The second kappa shape index (κ2) is 6.15. The average Bonchev–Trinajstić information content (AvgIpc) is 3.20. The third kappa shape index (κ3) is 2.91. The first-order chi connectivity index (χ1) is 11.1. The molecule has 23 heavy (non-hydrogen) atoms. The van der Waals surface area contributed by atoms with E-state index in [-0.39, 0.29) is 18.5 Å². The van der Waals surface area contributed by atoms with Crippen LogP contribution in [-0.2, 0) is 0 Å². The topological polar surface area (TPSA) is 89.3 Å². The van der Waals surface area contributed by atoms with E-state index >= 15 is 0 Å². The minimum atomic E-state index is -0.565. The number of β-amino-alcohol motifs (C(OH)–C–C–N with tert-alkyl or cyclic N) is 1. The van der Waals surface area contributed by atoms with Crippen LogP contribution in [0.15, 0.2) is 36.5 Å². The molecule has 1 fully saturated rings. The monoisotopic (exact) mass is 311 g/mol. The Hall–Kier alpha value is -2.78. The lowest BCUT2D eigenvalue weighted by Crippen LogP contribution is -2.31. The first-order valence-corrected chi connectivity index (χ1v) is 7.34. The Morgan fingerprint density at radius 3 is 3.00 bits per heavy atom. The van der Waals surface area contributed by atoms with Gasteiger partial charge in [-0.15, -0.1) is 0 Å². The second-order valence-corrected chi connectivity index (χ2v) is 5.55. The first-order valence-electron chi connectivity index (χ1n) is 7.34. The number of nitrogens with one attached hydrogen (secondary N) is 1. The van der Waals surface area contributed by atoms with E-state index in [0.29, 0.717) is 23.4 Å². The number of ether oxygens (including phenoxy) is 1. The molecule has 2 N–H and O–H groups in total. The van der Waals surface area contributed by atoms with Gasteiger partial charge in [0, 0.05) is 12.7 Å². The summed E-state index contributed by atoms with van der Waals surface area (Å²) in [6.07, 6.45) is 1.44. The fraction of sp³-hybridized carbons (Fsp3) is 0.294. The van der Waals surface area contributed by atoms with E-state index in [4.69, 9.17) is 10.00 Å². The van der Waals surface area contributed by atoms with Gasteiger partial charge in [-0.3, -0.25) is 4.79 Å². The number of carbonyl (C=O) groups excluding carboxylic acids is 1. The smallest absolute Gasteiger partial charge is 0.256 e. The van der Waals surface area contributed by atoms with Crippen molar-refractivity contribution in [2.24, 2.45) is 0 Å². The Balaban J connectivity index is 1.90. The van der Waals surface area contributed by atoms with Crippen molar-refractivity contribution in [1.29, 1.82) is 5.26 Å². The van der Waals surface area contributed by atoms with Crippen LogP contribution in [0.25, 0.3) is 0 Å². The molecule has 1 aromatic heterocycles. The maximum absolute atomic E-state index is 12.7. The zero-order valence-corrected chi connectivity index (χ0v) is 12.7. The van der Waals surface area contributed by atoms with Crippen LogP contribution in [0, 0.1) is 11.3 Å². The Bertz CT molecular complexity index is 762. The number of carbonyl (C=O) groups is 1. The zero-order chi connectivity index (χ0) is 16.4. The molecule has 0 aliphatic carbocycles. The van der Waals surface area contributed by atoms with Crippen molar-refractivity contribution in [2.45, 2.75) is 18.6 Å². The summed E-state index contributed by atoms with van der Waals surface area (Å²) in [4.78, 5) is 17.1. The Morgan fingerprint density at radius 2 is 2.30 bits per heavy atom. The molecule has 0 radical (unpaired) electrons. The predicted molar refractivity (Wildman–Crippen MR) is 82.9 cm³/mol. The summed E-state index contributed by atoms with van der Waals surface area (Å²) in [7, 11) is 1.59. The summed E-state index contributed by atoms with van der Waals surface area (Å²) >= 11 is 0. The second-order valence-electron chi connectivity index (χ2n) is 5.55. The highest BCUT2D eigenvalue weighted by atomic mass is 16.5. The van der Waals surface area contributed by atoms with Gasteiger partial charge in [0.2, 0.25) is 0 Å². The van der Waals surface area contributed by atoms with Crippen LogP contribution in [0.4, 0.5) is 0 Å². The van der Waals surface area contributed by atoms with Crippen molar-refractivity contribution in [3.8, 4) is 11.8 Å². The summed E-state index contributed by atoms with van der Waals surface area (Å²) in [6, 6.07) is 10.8. The zero-order valence-electron chi connectivity index (χ0n) is 12.7. The van der Waals surface area contributed by atoms with Crippen LogP contribution in [0.5, 0.6) is 5.75 Å². The quantitative estimate of drug-likeness (QED) is 0.905. The molecule has 2 atom stereocenters. The van der Waals surface area contributed by atoms with E-state index in [2.05, 4.69) is 4.98 Å². The molecule has 118 valence electrons. The molecule has 2 heterocycles. The van der Waals surface area contributed by atoms with Crippen molar-refractivity contribution in [2.75, 3.05) is 13.7 Å². The van der Waals surface area contributed by atoms with Crippen LogP contribution in [-0.4, -0.2) is 40.7 Å². The molecule has 2 aromatic rings. The first kappa shape index (κ1) is 15.1. The van der Waals surface area contributed by atoms with Gasteiger partial charge in [-0.25, -0.2) is 0 Å². The highest BCUT2D eigenvalue weighted by Gasteiger charge is 2.36. The number of hydrogen-bond donors (Lipinski definition) is 2. The van der Waals surface area contributed by atoms with Gasteiger partial charge in [-0.05, 0) is 30.2 Å². The number of aliphatic hydroxyl groups is 1. The fourth-order valence-corrected chi connectivity index (χ4v) is 2.95. The Labute approximate surface area is 133 Å². The molecule has 1 aliphatic heterocycles. The minimum Gasteiger partial charge on any atom is -0.497 e. The number of nitriles is 1. The molecule has 0 saturated carbocycles. The molecule has 6 nitrogen and oxygen atoms in total. The molecule has 1 saturated heterocycles. The maximum atomic E-state index is 12.7.